The third-order valence-electron chi connectivity index (χ3n) is 2.46. The van der Waals surface area contributed by atoms with Crippen LogP contribution in [0.4, 0.5) is 4.79 Å². The van der Waals surface area contributed by atoms with E-state index in [1.807, 2.05) is 31.4 Å². The molecule has 1 aromatic rings. The molecule has 0 bridgehead atoms. The van der Waals surface area contributed by atoms with Gasteiger partial charge < -0.3 is 4.74 Å². The summed E-state index contributed by atoms with van der Waals surface area (Å²) in [6.07, 6.45) is 1.86. The van der Waals surface area contributed by atoms with Crippen LogP contribution in [0.25, 0.3) is 6.08 Å². The van der Waals surface area contributed by atoms with Crippen molar-refractivity contribution in [2.45, 2.75) is 20.0 Å². The number of carbonyl (C=O) groups excluding carboxylic acids is 2. The Bertz CT molecular complexity index is 494. The van der Waals surface area contributed by atoms with Gasteiger partial charge in [0.05, 0.1) is 24.2 Å². The number of thioether (sulfide) groups is 1. The van der Waals surface area contributed by atoms with Crippen molar-refractivity contribution in [3.63, 3.8) is 0 Å². The van der Waals surface area contributed by atoms with E-state index >= 15 is 0 Å². The van der Waals surface area contributed by atoms with E-state index in [0.717, 1.165) is 16.6 Å². The van der Waals surface area contributed by atoms with Crippen LogP contribution in [0.15, 0.2) is 22.4 Å². The van der Waals surface area contributed by atoms with Gasteiger partial charge >= 0.3 is 0 Å². The first-order valence-corrected chi connectivity index (χ1v) is 7.68. The maximum atomic E-state index is 12.1. The minimum atomic E-state index is -0.226. The Labute approximate surface area is 120 Å². The Balaban J connectivity index is 2.00. The molecule has 1 aliphatic heterocycles. The van der Waals surface area contributed by atoms with Gasteiger partial charge in [-0.15, -0.1) is 11.3 Å². The number of hydrogen-bond acceptors (Lipinski definition) is 5. The number of hydrogen-bond donors (Lipinski definition) is 0. The van der Waals surface area contributed by atoms with Gasteiger partial charge in [-0.3, -0.25) is 14.5 Å². The Morgan fingerprint density at radius 2 is 2.21 bits per heavy atom. The molecular formula is C13H15NO3S2. The molecule has 0 spiro atoms. The zero-order valence-electron chi connectivity index (χ0n) is 10.8. The fourth-order valence-corrected chi connectivity index (χ4v) is 3.16. The van der Waals surface area contributed by atoms with Crippen LogP contribution in [0.1, 0.15) is 18.7 Å². The van der Waals surface area contributed by atoms with Crippen LogP contribution in [0.3, 0.4) is 0 Å². The molecule has 4 nitrogen and oxygen atoms in total. The summed E-state index contributed by atoms with van der Waals surface area (Å²) in [7, 11) is 0. The van der Waals surface area contributed by atoms with Gasteiger partial charge in [-0.2, -0.15) is 0 Å². The van der Waals surface area contributed by atoms with Gasteiger partial charge in [0, 0.05) is 4.88 Å². The molecule has 2 rings (SSSR count). The second-order valence-corrected chi connectivity index (χ2v) is 6.24. The lowest BCUT2D eigenvalue weighted by Crippen LogP contribution is -2.32. The average molecular weight is 297 g/mol. The van der Waals surface area contributed by atoms with E-state index in [1.165, 1.54) is 16.2 Å². The molecule has 0 aromatic carbocycles. The van der Waals surface area contributed by atoms with Crippen LogP contribution in [-0.2, 0) is 9.53 Å². The van der Waals surface area contributed by atoms with E-state index in [4.69, 9.17) is 4.74 Å². The molecule has 2 amide bonds. The van der Waals surface area contributed by atoms with E-state index in [2.05, 4.69) is 0 Å². The van der Waals surface area contributed by atoms with Gasteiger partial charge in [-0.25, -0.2) is 0 Å². The minimum absolute atomic E-state index is 0.0987. The second-order valence-electron chi connectivity index (χ2n) is 4.27. The van der Waals surface area contributed by atoms with Crippen molar-refractivity contribution >= 4 is 40.3 Å². The van der Waals surface area contributed by atoms with Crippen LogP contribution in [0.5, 0.6) is 0 Å². The lowest BCUT2D eigenvalue weighted by molar-refractivity contribution is -0.123. The molecule has 0 radical (unpaired) electrons. The smallest absolute Gasteiger partial charge is 0.293 e. The Hall–Kier alpha value is -1.11. The van der Waals surface area contributed by atoms with Crippen molar-refractivity contribution in [1.82, 2.24) is 4.90 Å². The molecule has 2 heterocycles. The van der Waals surface area contributed by atoms with Crippen molar-refractivity contribution in [3.8, 4) is 0 Å². The fourth-order valence-electron chi connectivity index (χ4n) is 1.58. The van der Waals surface area contributed by atoms with Crippen LogP contribution in [0.2, 0.25) is 0 Å². The van der Waals surface area contributed by atoms with E-state index in [0.29, 0.717) is 18.1 Å². The quantitative estimate of drug-likeness (QED) is 0.783. The molecule has 0 unspecified atom stereocenters. The molecule has 0 N–H and O–H groups in total. The number of rotatable bonds is 5. The molecule has 1 aliphatic rings. The summed E-state index contributed by atoms with van der Waals surface area (Å²) in [4.78, 5) is 26.6. The summed E-state index contributed by atoms with van der Waals surface area (Å²) < 4.78 is 5.37. The summed E-state index contributed by atoms with van der Waals surface area (Å²) in [6.45, 7) is 4.53. The summed E-state index contributed by atoms with van der Waals surface area (Å²) in [6, 6.07) is 3.83. The SMILES string of the molecule is CC(C)OCCN1C(=O)S/C(=C\c2cccs2)C1=O. The summed E-state index contributed by atoms with van der Waals surface area (Å²) in [5, 5.41) is 1.71. The highest BCUT2D eigenvalue weighted by Crippen LogP contribution is 2.32. The number of amides is 2. The predicted octanol–water partition coefficient (Wildman–Crippen LogP) is 3.21. The van der Waals surface area contributed by atoms with Crippen molar-refractivity contribution in [2.75, 3.05) is 13.2 Å². The zero-order valence-corrected chi connectivity index (χ0v) is 12.4. The van der Waals surface area contributed by atoms with E-state index in [9.17, 15) is 9.59 Å². The van der Waals surface area contributed by atoms with Crippen LogP contribution in [-0.4, -0.2) is 35.3 Å². The number of nitrogens with zero attached hydrogens (tertiary/aromatic N) is 1. The van der Waals surface area contributed by atoms with Gasteiger partial charge in [0.15, 0.2) is 0 Å². The maximum Gasteiger partial charge on any atom is 0.293 e. The van der Waals surface area contributed by atoms with E-state index < -0.39 is 0 Å². The summed E-state index contributed by atoms with van der Waals surface area (Å²) in [5.41, 5.74) is 0. The number of imide groups is 1. The van der Waals surface area contributed by atoms with Crippen LogP contribution in [0, 0.1) is 0 Å². The molecule has 0 atom stereocenters. The molecule has 1 saturated heterocycles. The van der Waals surface area contributed by atoms with Crippen molar-refractivity contribution < 1.29 is 14.3 Å². The molecule has 19 heavy (non-hydrogen) atoms. The van der Waals surface area contributed by atoms with Crippen molar-refractivity contribution in [3.05, 3.63) is 27.3 Å². The molecule has 1 aromatic heterocycles. The second kappa shape index (κ2) is 6.36. The standard InChI is InChI=1S/C13H15NO3S2/c1-9(2)17-6-5-14-12(15)11(19-13(14)16)8-10-4-3-7-18-10/h3-4,7-9H,5-6H2,1-2H3/b11-8-. The molecule has 6 heteroatoms. The molecule has 102 valence electrons. The third-order valence-corrected chi connectivity index (χ3v) is 4.18. The van der Waals surface area contributed by atoms with Crippen LogP contribution >= 0.6 is 23.1 Å². The lowest BCUT2D eigenvalue weighted by atomic mass is 10.3. The van der Waals surface area contributed by atoms with Crippen molar-refractivity contribution in [1.29, 1.82) is 0 Å². The normalized spacial score (nSPS) is 18.1. The number of thiophene rings is 1. The van der Waals surface area contributed by atoms with E-state index in [1.54, 1.807) is 6.08 Å². The van der Waals surface area contributed by atoms with E-state index in [-0.39, 0.29) is 17.3 Å². The lowest BCUT2D eigenvalue weighted by Gasteiger charge is -2.13. The molecule has 0 saturated carbocycles. The van der Waals surface area contributed by atoms with Gasteiger partial charge in [0.2, 0.25) is 0 Å². The number of ether oxygens (including phenoxy) is 1. The topological polar surface area (TPSA) is 46.6 Å². The van der Waals surface area contributed by atoms with Gasteiger partial charge in [0.1, 0.15) is 0 Å². The summed E-state index contributed by atoms with van der Waals surface area (Å²) in [5.74, 6) is -0.226. The third kappa shape index (κ3) is 3.68. The highest BCUT2D eigenvalue weighted by Gasteiger charge is 2.34. The first-order chi connectivity index (χ1) is 9.08. The predicted molar refractivity (Wildman–Crippen MR) is 78.1 cm³/mol. The van der Waals surface area contributed by atoms with Gasteiger partial charge in [-0.05, 0) is 43.1 Å². The summed E-state index contributed by atoms with van der Waals surface area (Å²) >= 11 is 2.53. The Morgan fingerprint density at radius 1 is 1.42 bits per heavy atom. The van der Waals surface area contributed by atoms with Gasteiger partial charge in [0.25, 0.3) is 11.1 Å². The van der Waals surface area contributed by atoms with Crippen LogP contribution < -0.4 is 0 Å². The minimum Gasteiger partial charge on any atom is -0.377 e. The zero-order chi connectivity index (χ0) is 13.8. The molecular weight excluding hydrogens is 282 g/mol. The first-order valence-electron chi connectivity index (χ1n) is 5.98. The molecule has 1 fully saturated rings. The maximum absolute atomic E-state index is 12.1. The monoisotopic (exact) mass is 297 g/mol. The Kier molecular flexibility index (Phi) is 4.79. The fraction of sp³-hybridized carbons (Fsp3) is 0.385. The van der Waals surface area contributed by atoms with Gasteiger partial charge in [-0.1, -0.05) is 6.07 Å². The highest BCUT2D eigenvalue weighted by atomic mass is 32.2. The molecule has 0 aliphatic carbocycles. The first kappa shape index (κ1) is 14.3. The Morgan fingerprint density at radius 3 is 2.84 bits per heavy atom. The largest absolute Gasteiger partial charge is 0.377 e. The number of carbonyl (C=O) groups is 2. The highest BCUT2D eigenvalue weighted by molar-refractivity contribution is 8.18. The van der Waals surface area contributed by atoms with Crippen molar-refractivity contribution in [2.24, 2.45) is 0 Å². The average Bonchev–Trinajstić information content (AvgIpc) is 2.93.